The van der Waals surface area contributed by atoms with Crippen molar-refractivity contribution in [2.24, 2.45) is 0 Å². The van der Waals surface area contributed by atoms with Crippen molar-refractivity contribution in [2.45, 2.75) is 11.8 Å². The molecule has 104 valence electrons. The van der Waals surface area contributed by atoms with Gasteiger partial charge >= 0.3 is 0 Å². The molecule has 0 bridgehead atoms. The number of ketones is 1. The van der Waals surface area contributed by atoms with Crippen LogP contribution in [0.1, 0.15) is 17.3 Å². The van der Waals surface area contributed by atoms with Crippen molar-refractivity contribution in [1.82, 2.24) is 4.98 Å². The summed E-state index contributed by atoms with van der Waals surface area (Å²) in [5.74, 6) is 0.0492. The zero-order valence-corrected chi connectivity index (χ0v) is 13.5. The first-order valence-corrected chi connectivity index (χ1v) is 8.20. The van der Waals surface area contributed by atoms with Crippen LogP contribution < -0.4 is 4.72 Å². The van der Waals surface area contributed by atoms with Gasteiger partial charge in [-0.2, -0.15) is 0 Å². The Labute approximate surface area is 130 Å². The minimum atomic E-state index is -3.75. The number of hydrogen-bond acceptors (Lipinski definition) is 4. The van der Waals surface area contributed by atoms with E-state index in [0.29, 0.717) is 5.56 Å². The van der Waals surface area contributed by atoms with Gasteiger partial charge in [0, 0.05) is 15.3 Å². The molecule has 0 radical (unpaired) electrons. The monoisotopic (exact) mass is 402 g/mol. The number of rotatable bonds is 4. The predicted octanol–water partition coefficient (Wildman–Crippen LogP) is 2.69. The van der Waals surface area contributed by atoms with E-state index in [1.165, 1.54) is 25.1 Å². The zero-order valence-electron chi connectivity index (χ0n) is 10.5. The summed E-state index contributed by atoms with van der Waals surface area (Å²) in [5.41, 5.74) is 0.350. The zero-order chi connectivity index (χ0) is 14.8. The Morgan fingerprint density at radius 2 is 2.00 bits per heavy atom. The number of Topliss-reactive ketones (excluding diaryl/α,β-unsaturated/α-hetero) is 1. The number of pyridine rings is 1. The van der Waals surface area contributed by atoms with Gasteiger partial charge in [-0.05, 0) is 53.8 Å². The molecule has 0 aliphatic rings. The lowest BCUT2D eigenvalue weighted by Gasteiger charge is -2.08. The number of carbonyl (C=O) groups is 1. The van der Waals surface area contributed by atoms with Gasteiger partial charge in [-0.1, -0.05) is 12.1 Å². The maximum absolute atomic E-state index is 12.2. The van der Waals surface area contributed by atoms with E-state index in [-0.39, 0.29) is 16.5 Å². The van der Waals surface area contributed by atoms with Gasteiger partial charge in [0.05, 0.1) is 4.90 Å². The van der Waals surface area contributed by atoms with Crippen LogP contribution in [-0.4, -0.2) is 19.2 Å². The molecule has 2 rings (SSSR count). The molecule has 1 heterocycles. The second-order valence-electron chi connectivity index (χ2n) is 4.05. The highest BCUT2D eigenvalue weighted by Crippen LogP contribution is 2.16. The fourth-order valence-electron chi connectivity index (χ4n) is 1.52. The average Bonchev–Trinajstić information content (AvgIpc) is 2.41. The number of carbonyl (C=O) groups excluding carboxylic acids is 1. The molecule has 20 heavy (non-hydrogen) atoms. The first kappa shape index (κ1) is 14.9. The molecule has 0 amide bonds. The van der Waals surface area contributed by atoms with E-state index in [9.17, 15) is 13.2 Å². The fourth-order valence-corrected chi connectivity index (χ4v) is 2.89. The molecule has 0 unspecified atom stereocenters. The third kappa shape index (κ3) is 3.54. The van der Waals surface area contributed by atoms with Crippen LogP contribution in [-0.2, 0) is 10.0 Å². The van der Waals surface area contributed by atoms with Gasteiger partial charge in [0.2, 0.25) is 0 Å². The minimum absolute atomic E-state index is 0.0329. The van der Waals surface area contributed by atoms with Gasteiger partial charge in [0.15, 0.2) is 5.78 Å². The molecule has 0 aliphatic heterocycles. The van der Waals surface area contributed by atoms with Gasteiger partial charge in [0.1, 0.15) is 5.82 Å². The summed E-state index contributed by atoms with van der Waals surface area (Å²) in [6, 6.07) is 9.21. The summed E-state index contributed by atoms with van der Waals surface area (Å²) in [4.78, 5) is 15.3. The highest BCUT2D eigenvalue weighted by Gasteiger charge is 2.16. The van der Waals surface area contributed by atoms with Crippen molar-refractivity contribution in [1.29, 1.82) is 0 Å². The highest BCUT2D eigenvalue weighted by molar-refractivity contribution is 14.1. The standard InChI is InChI=1S/C13H11IN2O3S/c1-9(17)10-3-2-4-12(7-10)20(18,19)16-13-6-5-11(14)8-15-13/h2-8H,1H3,(H,15,16). The van der Waals surface area contributed by atoms with Crippen LogP contribution in [0.4, 0.5) is 5.82 Å². The number of aromatic nitrogens is 1. The first-order chi connectivity index (χ1) is 9.38. The molecule has 0 fully saturated rings. The second-order valence-corrected chi connectivity index (χ2v) is 6.98. The van der Waals surface area contributed by atoms with Crippen LogP contribution in [0.2, 0.25) is 0 Å². The van der Waals surface area contributed by atoms with Crippen molar-refractivity contribution in [3.8, 4) is 0 Å². The molecule has 1 aromatic heterocycles. The largest absolute Gasteiger partial charge is 0.295 e. The molecule has 0 spiro atoms. The van der Waals surface area contributed by atoms with E-state index in [2.05, 4.69) is 32.3 Å². The Kier molecular flexibility index (Phi) is 4.39. The first-order valence-electron chi connectivity index (χ1n) is 5.64. The summed E-state index contributed by atoms with van der Waals surface area (Å²) in [5, 5.41) is 0. The number of nitrogens with one attached hydrogen (secondary N) is 1. The quantitative estimate of drug-likeness (QED) is 0.631. The molecule has 5 nitrogen and oxygen atoms in total. The van der Waals surface area contributed by atoms with Crippen LogP contribution in [0.3, 0.4) is 0 Å². The molecule has 1 aromatic carbocycles. The Bertz CT molecular complexity index is 742. The SMILES string of the molecule is CC(=O)c1cccc(S(=O)(=O)Nc2ccc(I)cn2)c1. The number of anilines is 1. The smallest absolute Gasteiger partial charge is 0.263 e. The van der Waals surface area contributed by atoms with Crippen molar-refractivity contribution in [3.63, 3.8) is 0 Å². The Hall–Kier alpha value is -1.48. The van der Waals surface area contributed by atoms with E-state index < -0.39 is 10.0 Å². The van der Waals surface area contributed by atoms with Gasteiger partial charge in [-0.25, -0.2) is 13.4 Å². The minimum Gasteiger partial charge on any atom is -0.295 e. The third-order valence-corrected chi connectivity index (χ3v) is 4.51. The molecule has 1 N–H and O–H groups in total. The fraction of sp³-hybridized carbons (Fsp3) is 0.0769. The van der Waals surface area contributed by atoms with Crippen LogP contribution in [0.5, 0.6) is 0 Å². The van der Waals surface area contributed by atoms with Crippen molar-refractivity contribution in [3.05, 3.63) is 51.7 Å². The van der Waals surface area contributed by atoms with E-state index in [0.717, 1.165) is 3.57 Å². The molecule has 2 aromatic rings. The van der Waals surface area contributed by atoms with Crippen LogP contribution >= 0.6 is 22.6 Å². The number of hydrogen-bond donors (Lipinski definition) is 1. The molecular weight excluding hydrogens is 391 g/mol. The molecule has 0 aliphatic carbocycles. The van der Waals surface area contributed by atoms with E-state index in [1.54, 1.807) is 24.4 Å². The van der Waals surface area contributed by atoms with Gasteiger partial charge in [-0.15, -0.1) is 0 Å². The molecule has 0 atom stereocenters. The van der Waals surface area contributed by atoms with Gasteiger partial charge in [-0.3, -0.25) is 9.52 Å². The lowest BCUT2D eigenvalue weighted by atomic mass is 10.2. The van der Waals surface area contributed by atoms with Gasteiger partial charge in [0.25, 0.3) is 10.0 Å². The summed E-state index contributed by atoms with van der Waals surface area (Å²) in [6.07, 6.45) is 1.56. The van der Waals surface area contributed by atoms with Crippen LogP contribution in [0.15, 0.2) is 47.5 Å². The van der Waals surface area contributed by atoms with E-state index in [1.807, 2.05) is 0 Å². The van der Waals surface area contributed by atoms with Crippen LogP contribution in [0.25, 0.3) is 0 Å². The number of sulfonamides is 1. The Morgan fingerprint density at radius 3 is 2.60 bits per heavy atom. The van der Waals surface area contributed by atoms with Crippen molar-refractivity contribution in [2.75, 3.05) is 4.72 Å². The molecule has 7 heteroatoms. The highest BCUT2D eigenvalue weighted by atomic mass is 127. The van der Waals surface area contributed by atoms with E-state index >= 15 is 0 Å². The van der Waals surface area contributed by atoms with Crippen molar-refractivity contribution >= 4 is 44.2 Å². The molecular formula is C13H11IN2O3S. The summed E-state index contributed by atoms with van der Waals surface area (Å²) in [6.45, 7) is 1.39. The average molecular weight is 402 g/mol. The maximum atomic E-state index is 12.2. The summed E-state index contributed by atoms with van der Waals surface area (Å²) in [7, 11) is -3.75. The summed E-state index contributed by atoms with van der Waals surface area (Å²) < 4.78 is 27.7. The maximum Gasteiger partial charge on any atom is 0.263 e. The van der Waals surface area contributed by atoms with Crippen LogP contribution in [0, 0.1) is 3.57 Å². The third-order valence-electron chi connectivity index (χ3n) is 2.52. The number of benzene rings is 1. The Balaban J connectivity index is 2.33. The lowest BCUT2D eigenvalue weighted by molar-refractivity contribution is 0.101. The van der Waals surface area contributed by atoms with Gasteiger partial charge < -0.3 is 0 Å². The molecule has 0 saturated heterocycles. The molecule has 0 saturated carbocycles. The van der Waals surface area contributed by atoms with Crippen molar-refractivity contribution < 1.29 is 13.2 Å². The second kappa shape index (κ2) is 5.88. The Morgan fingerprint density at radius 1 is 1.25 bits per heavy atom. The lowest BCUT2D eigenvalue weighted by Crippen LogP contribution is -2.14. The predicted molar refractivity (Wildman–Crippen MR) is 84.2 cm³/mol. The normalized spacial score (nSPS) is 11.1. The number of halogens is 1. The number of nitrogens with zero attached hydrogens (tertiary/aromatic N) is 1. The topological polar surface area (TPSA) is 76.1 Å². The summed E-state index contributed by atoms with van der Waals surface area (Å²) >= 11 is 2.08. The van der Waals surface area contributed by atoms with E-state index in [4.69, 9.17) is 0 Å².